The Morgan fingerprint density at radius 1 is 0.578 bits per heavy atom. The van der Waals surface area contributed by atoms with Crippen LogP contribution < -0.4 is 4.74 Å². The van der Waals surface area contributed by atoms with Crippen LogP contribution in [0.1, 0.15) is 57.1 Å². The summed E-state index contributed by atoms with van der Waals surface area (Å²) >= 11 is 0. The van der Waals surface area contributed by atoms with E-state index >= 15 is 0 Å². The van der Waals surface area contributed by atoms with Crippen LogP contribution in [0.3, 0.4) is 0 Å². The van der Waals surface area contributed by atoms with Gasteiger partial charge in [-0.2, -0.15) is 0 Å². The highest BCUT2D eigenvalue weighted by atomic mass is 16.7. The fourth-order valence-corrected chi connectivity index (χ4v) is 7.50. The smallest absolute Gasteiger partial charge is 0.229 e. The summed E-state index contributed by atoms with van der Waals surface area (Å²) in [5.74, 6) is -2.15. The lowest BCUT2D eigenvalue weighted by molar-refractivity contribution is -0.277. The van der Waals surface area contributed by atoms with E-state index in [4.69, 9.17) is 9.47 Å². The number of aromatic hydroxyl groups is 5. The normalized spacial score (nSPS) is 30.0. The van der Waals surface area contributed by atoms with Crippen LogP contribution in [-0.2, 0) is 4.74 Å². The van der Waals surface area contributed by atoms with Gasteiger partial charge in [0.1, 0.15) is 58.9 Å². The first-order valence-corrected chi connectivity index (χ1v) is 14.5. The van der Waals surface area contributed by atoms with Gasteiger partial charge in [0.25, 0.3) is 0 Å². The molecule has 1 heterocycles. The van der Waals surface area contributed by atoms with Gasteiger partial charge in [-0.05, 0) is 58.7 Å². The van der Waals surface area contributed by atoms with Crippen molar-refractivity contribution < 1.29 is 55.4 Å². The quantitative estimate of drug-likeness (QED) is 0.160. The molecule has 2 bridgehead atoms. The van der Waals surface area contributed by atoms with Crippen molar-refractivity contribution in [1.29, 1.82) is 0 Å². The highest BCUT2D eigenvalue weighted by Crippen LogP contribution is 2.68. The second-order valence-corrected chi connectivity index (χ2v) is 11.9. The minimum absolute atomic E-state index is 0.0531. The zero-order valence-electron chi connectivity index (χ0n) is 23.7. The van der Waals surface area contributed by atoms with E-state index in [1.54, 1.807) is 60.7 Å². The monoisotopic (exact) mass is 616 g/mol. The molecule has 11 nitrogen and oxygen atoms in total. The first-order chi connectivity index (χ1) is 21.6. The standard InChI is InChI=1S/C34H32O11/c35-13-24-31(41)32(42)33(43)34(45-24)44-19-11-21-28(23(40)12-19)30-20-9-18(38)10-22(39)27(20)25(14-1-5-16(36)6-2-14)29(21)26(30)15-3-7-17(37)8-4-15/h1-12,24-26,29-43H,13H2. The zero-order valence-corrected chi connectivity index (χ0v) is 23.7. The third-order valence-electron chi connectivity index (χ3n) is 9.39. The molecule has 3 aliphatic rings. The number of phenols is 5. The van der Waals surface area contributed by atoms with Crippen LogP contribution in [0.4, 0.5) is 0 Å². The Balaban J connectivity index is 1.42. The van der Waals surface area contributed by atoms with Crippen molar-refractivity contribution in [3.63, 3.8) is 0 Å². The summed E-state index contributed by atoms with van der Waals surface area (Å²) < 4.78 is 11.5. The molecule has 11 heteroatoms. The molecule has 1 fully saturated rings. The maximum atomic E-state index is 11.6. The van der Waals surface area contributed by atoms with Crippen LogP contribution >= 0.6 is 0 Å². The van der Waals surface area contributed by atoms with Gasteiger partial charge in [0.15, 0.2) is 0 Å². The van der Waals surface area contributed by atoms with Crippen LogP contribution in [0.5, 0.6) is 34.5 Å². The lowest BCUT2D eigenvalue weighted by atomic mass is 9.63. The van der Waals surface area contributed by atoms with Crippen LogP contribution in [0.25, 0.3) is 0 Å². The summed E-state index contributed by atoms with van der Waals surface area (Å²) in [7, 11) is 0. The average molecular weight is 617 g/mol. The van der Waals surface area contributed by atoms with Crippen molar-refractivity contribution >= 4 is 0 Å². The predicted molar refractivity (Wildman–Crippen MR) is 158 cm³/mol. The Kier molecular flexibility index (Phi) is 7.03. The molecule has 0 spiro atoms. The van der Waals surface area contributed by atoms with E-state index in [2.05, 4.69) is 0 Å². The molecule has 45 heavy (non-hydrogen) atoms. The van der Waals surface area contributed by atoms with Crippen LogP contribution in [0.2, 0.25) is 0 Å². The molecule has 9 unspecified atom stereocenters. The highest BCUT2D eigenvalue weighted by molar-refractivity contribution is 5.68. The number of fused-ring (bicyclic) bond motifs is 7. The second kappa shape index (κ2) is 10.8. The SMILES string of the molecule is OCC1OC(Oc2cc(O)c3c(c2)C2C(c4ccc(O)cc4)c4c(O)cc(O)cc4C3C2c2ccc(O)cc2)C(O)C(O)C1O. The minimum Gasteiger partial charge on any atom is -0.508 e. The fraction of sp³-hybridized carbons (Fsp3) is 0.294. The molecular weight excluding hydrogens is 584 g/mol. The van der Waals surface area contributed by atoms with Gasteiger partial charge in [-0.3, -0.25) is 0 Å². The average Bonchev–Trinajstić information content (AvgIpc) is 3.28. The summed E-state index contributed by atoms with van der Waals surface area (Å²) in [5, 5.41) is 94.3. The third-order valence-corrected chi connectivity index (χ3v) is 9.39. The lowest BCUT2D eigenvalue weighted by Gasteiger charge is -2.40. The van der Waals surface area contributed by atoms with Crippen LogP contribution in [0.15, 0.2) is 72.8 Å². The molecule has 2 aliphatic carbocycles. The lowest BCUT2D eigenvalue weighted by Crippen LogP contribution is -2.60. The van der Waals surface area contributed by atoms with Crippen molar-refractivity contribution in [2.45, 2.75) is 54.4 Å². The fourth-order valence-electron chi connectivity index (χ4n) is 7.50. The third kappa shape index (κ3) is 4.63. The topological polar surface area (TPSA) is 201 Å². The molecule has 234 valence electrons. The molecule has 7 rings (SSSR count). The van der Waals surface area contributed by atoms with Gasteiger partial charge in [-0.25, -0.2) is 0 Å². The van der Waals surface area contributed by atoms with E-state index < -0.39 is 55.1 Å². The van der Waals surface area contributed by atoms with Gasteiger partial charge in [0.05, 0.1) is 6.61 Å². The Bertz CT molecular complexity index is 1740. The van der Waals surface area contributed by atoms with E-state index in [-0.39, 0.29) is 40.4 Å². The molecule has 1 saturated heterocycles. The van der Waals surface area contributed by atoms with Crippen LogP contribution in [-0.4, -0.2) is 83.3 Å². The van der Waals surface area contributed by atoms with Gasteiger partial charge in [-0.1, -0.05) is 24.3 Å². The van der Waals surface area contributed by atoms with Crippen molar-refractivity contribution in [2.75, 3.05) is 6.61 Å². The highest BCUT2D eigenvalue weighted by Gasteiger charge is 2.54. The zero-order chi connectivity index (χ0) is 31.7. The minimum atomic E-state index is -1.67. The van der Waals surface area contributed by atoms with Crippen molar-refractivity contribution in [3.8, 4) is 34.5 Å². The second-order valence-electron chi connectivity index (χ2n) is 11.9. The Labute approximate surface area is 257 Å². The Morgan fingerprint density at radius 3 is 1.82 bits per heavy atom. The van der Waals surface area contributed by atoms with E-state index in [1.807, 2.05) is 0 Å². The molecule has 0 saturated carbocycles. The summed E-state index contributed by atoms with van der Waals surface area (Å²) in [6, 6.07) is 19.2. The molecule has 4 aromatic carbocycles. The molecule has 9 N–H and O–H groups in total. The number of aliphatic hydroxyl groups is 4. The van der Waals surface area contributed by atoms with E-state index in [1.165, 1.54) is 12.1 Å². The first kappa shape index (κ1) is 29.2. The van der Waals surface area contributed by atoms with E-state index in [0.717, 1.165) is 11.1 Å². The van der Waals surface area contributed by atoms with Gasteiger partial charge < -0.3 is 55.4 Å². The maximum Gasteiger partial charge on any atom is 0.229 e. The molecule has 4 aromatic rings. The molecule has 9 atom stereocenters. The predicted octanol–water partition coefficient (Wildman–Crippen LogP) is 2.55. The summed E-state index contributed by atoms with van der Waals surface area (Å²) in [4.78, 5) is 0. The number of ether oxygens (including phenoxy) is 2. The molecule has 0 radical (unpaired) electrons. The van der Waals surface area contributed by atoms with Gasteiger partial charge in [-0.15, -0.1) is 0 Å². The van der Waals surface area contributed by atoms with Gasteiger partial charge in [0.2, 0.25) is 6.29 Å². The summed E-state index contributed by atoms with van der Waals surface area (Å²) in [5.41, 5.74) is 3.89. The molecule has 0 aromatic heterocycles. The number of rotatable bonds is 5. The molecule has 1 aliphatic heterocycles. The maximum absolute atomic E-state index is 11.6. The number of phenolic OH excluding ortho intramolecular Hbond substituents is 5. The van der Waals surface area contributed by atoms with Crippen molar-refractivity contribution in [3.05, 3.63) is 106 Å². The largest absolute Gasteiger partial charge is 0.508 e. The first-order valence-electron chi connectivity index (χ1n) is 14.5. The van der Waals surface area contributed by atoms with E-state index in [0.29, 0.717) is 22.3 Å². The van der Waals surface area contributed by atoms with Gasteiger partial charge >= 0.3 is 0 Å². The molecule has 0 amide bonds. The van der Waals surface area contributed by atoms with Gasteiger partial charge in [0, 0.05) is 46.9 Å². The summed E-state index contributed by atoms with van der Waals surface area (Å²) in [6.45, 7) is -0.638. The molecular formula is C34H32O11. The van der Waals surface area contributed by atoms with Crippen LogP contribution in [0, 0.1) is 0 Å². The van der Waals surface area contributed by atoms with Crippen molar-refractivity contribution in [2.24, 2.45) is 0 Å². The van der Waals surface area contributed by atoms with E-state index in [9.17, 15) is 46.0 Å². The summed E-state index contributed by atoms with van der Waals surface area (Å²) in [6.07, 6.45) is -7.59. The number of hydrogen-bond acceptors (Lipinski definition) is 11. The number of benzene rings is 4. The Hall–Kier alpha value is -4.52. The Morgan fingerprint density at radius 2 is 1.18 bits per heavy atom. The van der Waals surface area contributed by atoms with Crippen molar-refractivity contribution in [1.82, 2.24) is 0 Å². The number of aliphatic hydroxyl groups excluding tert-OH is 4. The number of hydrogen-bond donors (Lipinski definition) is 9.